The molecule has 0 aliphatic rings. The molecule has 0 unspecified atom stereocenters. The first kappa shape index (κ1) is 37.4. The van der Waals surface area contributed by atoms with Gasteiger partial charge in [-0.2, -0.15) is 13.2 Å². The van der Waals surface area contributed by atoms with Crippen molar-refractivity contribution >= 4 is 41.0 Å². The molecule has 3 aromatic carbocycles. The average molecular weight is 712 g/mol. The number of aryl methyl sites for hydroxylation is 2. The number of halogens is 4. The lowest BCUT2D eigenvalue weighted by molar-refractivity contribution is -0.137. The Morgan fingerprint density at radius 1 is 0.960 bits per heavy atom. The van der Waals surface area contributed by atoms with Gasteiger partial charge in [0.1, 0.15) is 0 Å². The standard InChI is InChI=1S/C36H33ClF3N3O7/c1-5-49-29-19-23(35(47)48)18-27(37)32(29)50-30(44)8-6-7-21-10-16-28(26(17-21)34(46)43(3)4)42-33(45)25-15-9-20(2)41-31(25)22-11-13-24(14-12-22)36(38,39)40/h9-19H,5-8H2,1-4H3,(H,42,45)(H,47,48). The molecule has 1 heterocycles. The Hall–Kier alpha value is -5.43. The van der Waals surface area contributed by atoms with Crippen LogP contribution in [0.4, 0.5) is 18.9 Å². The van der Waals surface area contributed by atoms with Crippen molar-refractivity contribution in [3.63, 3.8) is 0 Å². The van der Waals surface area contributed by atoms with Crippen LogP contribution in [0.5, 0.6) is 11.5 Å². The summed E-state index contributed by atoms with van der Waals surface area (Å²) >= 11 is 6.19. The quantitative estimate of drug-likeness (QED) is 0.113. The third-order valence-corrected chi connectivity index (χ3v) is 7.63. The number of alkyl halides is 3. The highest BCUT2D eigenvalue weighted by atomic mass is 35.5. The minimum atomic E-state index is -4.52. The topological polar surface area (TPSA) is 135 Å². The number of aromatic carboxylic acids is 1. The fourth-order valence-electron chi connectivity index (χ4n) is 4.90. The number of anilines is 1. The predicted molar refractivity (Wildman–Crippen MR) is 180 cm³/mol. The van der Waals surface area contributed by atoms with E-state index in [2.05, 4.69) is 10.3 Å². The number of hydrogen-bond donors (Lipinski definition) is 2. The van der Waals surface area contributed by atoms with Crippen LogP contribution in [0.3, 0.4) is 0 Å². The monoisotopic (exact) mass is 711 g/mol. The van der Waals surface area contributed by atoms with Crippen LogP contribution in [-0.4, -0.2) is 59.4 Å². The zero-order valence-electron chi connectivity index (χ0n) is 27.5. The largest absolute Gasteiger partial charge is 0.490 e. The first-order chi connectivity index (χ1) is 23.6. The van der Waals surface area contributed by atoms with E-state index in [1.165, 1.54) is 29.2 Å². The fraction of sp³-hybridized carbons (Fsp3) is 0.250. The van der Waals surface area contributed by atoms with Crippen LogP contribution in [-0.2, 0) is 17.4 Å². The van der Waals surface area contributed by atoms with Crippen molar-refractivity contribution in [1.82, 2.24) is 9.88 Å². The molecule has 0 radical (unpaired) electrons. The molecule has 0 spiro atoms. The normalized spacial score (nSPS) is 11.1. The van der Waals surface area contributed by atoms with E-state index in [-0.39, 0.29) is 57.6 Å². The number of nitrogens with one attached hydrogen (secondary N) is 1. The van der Waals surface area contributed by atoms with Crippen LogP contribution in [0.25, 0.3) is 11.3 Å². The van der Waals surface area contributed by atoms with Crippen LogP contribution < -0.4 is 14.8 Å². The van der Waals surface area contributed by atoms with Crippen LogP contribution in [0.1, 0.15) is 67.7 Å². The molecule has 0 fully saturated rings. The van der Waals surface area contributed by atoms with Gasteiger partial charge >= 0.3 is 18.1 Å². The van der Waals surface area contributed by atoms with Gasteiger partial charge in [-0.1, -0.05) is 29.8 Å². The number of carboxylic acids is 1. The molecule has 1 aromatic heterocycles. The number of benzene rings is 3. The maximum Gasteiger partial charge on any atom is 0.416 e. The van der Waals surface area contributed by atoms with Crippen LogP contribution in [0.15, 0.2) is 66.7 Å². The number of aromatic nitrogens is 1. The van der Waals surface area contributed by atoms with Gasteiger partial charge in [-0.25, -0.2) is 4.79 Å². The average Bonchev–Trinajstić information content (AvgIpc) is 3.06. The van der Waals surface area contributed by atoms with Crippen LogP contribution in [0.2, 0.25) is 5.02 Å². The Balaban J connectivity index is 1.51. The van der Waals surface area contributed by atoms with E-state index in [0.717, 1.165) is 18.2 Å². The number of carboxylic acid groups (broad SMARTS) is 1. The summed E-state index contributed by atoms with van der Waals surface area (Å²) in [7, 11) is 3.10. The van der Waals surface area contributed by atoms with E-state index in [0.29, 0.717) is 29.7 Å². The number of rotatable bonds is 12. The first-order valence-electron chi connectivity index (χ1n) is 15.3. The molecule has 50 heavy (non-hydrogen) atoms. The summed E-state index contributed by atoms with van der Waals surface area (Å²) in [5.41, 5.74) is 1.19. The molecule has 2 N–H and O–H groups in total. The van der Waals surface area contributed by atoms with Gasteiger partial charge in [0, 0.05) is 31.8 Å². The highest BCUT2D eigenvalue weighted by molar-refractivity contribution is 6.32. The van der Waals surface area contributed by atoms with Gasteiger partial charge in [0.25, 0.3) is 11.8 Å². The van der Waals surface area contributed by atoms with E-state index in [4.69, 9.17) is 21.1 Å². The fourth-order valence-corrected chi connectivity index (χ4v) is 5.14. The summed E-state index contributed by atoms with van der Waals surface area (Å²) in [6.45, 7) is 3.54. The molecule has 10 nitrogen and oxygen atoms in total. The molecule has 0 aliphatic carbocycles. The molecule has 262 valence electrons. The number of carbonyl (C=O) groups is 4. The number of ether oxygens (including phenoxy) is 2. The van der Waals surface area contributed by atoms with E-state index in [1.54, 1.807) is 52.2 Å². The van der Waals surface area contributed by atoms with Gasteiger partial charge in [0.15, 0.2) is 11.5 Å². The van der Waals surface area contributed by atoms with Gasteiger partial charge in [0.2, 0.25) is 0 Å². The zero-order chi connectivity index (χ0) is 36.7. The summed E-state index contributed by atoms with van der Waals surface area (Å²) in [6.07, 6.45) is -3.92. The van der Waals surface area contributed by atoms with Crippen LogP contribution in [0, 0.1) is 6.92 Å². The van der Waals surface area contributed by atoms with Gasteiger partial charge in [-0.15, -0.1) is 0 Å². The zero-order valence-corrected chi connectivity index (χ0v) is 28.2. The summed E-state index contributed by atoms with van der Waals surface area (Å²) in [5.74, 6) is -2.97. The molecular formula is C36H33ClF3N3O7. The molecule has 0 saturated carbocycles. The van der Waals surface area contributed by atoms with E-state index in [9.17, 15) is 37.5 Å². The minimum absolute atomic E-state index is 0.0168. The summed E-state index contributed by atoms with van der Waals surface area (Å²) < 4.78 is 50.2. The molecule has 4 aromatic rings. The van der Waals surface area contributed by atoms with E-state index >= 15 is 0 Å². The van der Waals surface area contributed by atoms with Crippen molar-refractivity contribution in [2.45, 2.75) is 39.3 Å². The summed E-state index contributed by atoms with van der Waals surface area (Å²) in [4.78, 5) is 56.6. The molecule has 14 heteroatoms. The Kier molecular flexibility index (Phi) is 11.9. The molecule has 0 bridgehead atoms. The van der Waals surface area contributed by atoms with Crippen molar-refractivity contribution in [1.29, 1.82) is 0 Å². The van der Waals surface area contributed by atoms with Crippen molar-refractivity contribution in [3.8, 4) is 22.8 Å². The Labute approximate surface area is 290 Å². The van der Waals surface area contributed by atoms with E-state index in [1.807, 2.05) is 0 Å². The van der Waals surface area contributed by atoms with Crippen LogP contribution >= 0.6 is 11.6 Å². The molecule has 0 saturated heterocycles. The van der Waals surface area contributed by atoms with Crippen molar-refractivity contribution < 1.29 is 46.9 Å². The lowest BCUT2D eigenvalue weighted by atomic mass is 10.0. The van der Waals surface area contributed by atoms with Gasteiger partial charge in [0.05, 0.1) is 45.3 Å². The molecule has 0 aliphatic heterocycles. The second-order valence-corrected chi connectivity index (χ2v) is 11.7. The number of pyridine rings is 1. The highest BCUT2D eigenvalue weighted by Gasteiger charge is 2.30. The molecular weight excluding hydrogens is 679 g/mol. The Morgan fingerprint density at radius 2 is 1.66 bits per heavy atom. The van der Waals surface area contributed by atoms with Gasteiger partial charge < -0.3 is 24.8 Å². The molecule has 2 amide bonds. The molecule has 0 atom stereocenters. The third kappa shape index (κ3) is 9.17. The summed E-state index contributed by atoms with van der Waals surface area (Å²) in [6, 6.07) is 14.6. The predicted octanol–water partition coefficient (Wildman–Crippen LogP) is 7.71. The van der Waals surface area contributed by atoms with Gasteiger partial charge in [-0.3, -0.25) is 19.4 Å². The minimum Gasteiger partial charge on any atom is -0.490 e. The first-order valence-corrected chi connectivity index (χ1v) is 15.7. The lowest BCUT2D eigenvalue weighted by Gasteiger charge is -2.17. The van der Waals surface area contributed by atoms with Crippen molar-refractivity contribution in [2.75, 3.05) is 26.0 Å². The van der Waals surface area contributed by atoms with Crippen molar-refractivity contribution in [3.05, 3.63) is 105 Å². The Bertz CT molecular complexity index is 1930. The van der Waals surface area contributed by atoms with Crippen molar-refractivity contribution in [2.24, 2.45) is 0 Å². The number of amides is 2. The maximum atomic E-state index is 13.6. The highest BCUT2D eigenvalue weighted by Crippen LogP contribution is 2.37. The van der Waals surface area contributed by atoms with Gasteiger partial charge in [-0.05, 0) is 80.8 Å². The second-order valence-electron chi connectivity index (χ2n) is 11.3. The SMILES string of the molecule is CCOc1cc(C(=O)O)cc(Cl)c1OC(=O)CCCc1ccc(NC(=O)c2ccc(C)nc2-c2ccc(C(F)(F)F)cc2)c(C(=O)N(C)C)c1. The number of nitrogens with zero attached hydrogens (tertiary/aromatic N) is 2. The maximum absolute atomic E-state index is 13.6. The smallest absolute Gasteiger partial charge is 0.416 e. The summed E-state index contributed by atoms with van der Waals surface area (Å²) in [5, 5.41) is 11.9. The van der Waals surface area contributed by atoms with E-state index < -0.39 is 35.5 Å². The lowest BCUT2D eigenvalue weighted by Crippen LogP contribution is -2.24. The third-order valence-electron chi connectivity index (χ3n) is 7.35. The Morgan fingerprint density at radius 3 is 2.28 bits per heavy atom. The number of hydrogen-bond acceptors (Lipinski definition) is 7. The second kappa shape index (κ2) is 15.9. The number of carbonyl (C=O) groups excluding carboxylic acids is 3. The number of esters is 1. The molecule has 4 rings (SSSR count).